The summed E-state index contributed by atoms with van der Waals surface area (Å²) in [5.74, 6) is -0.750. The number of aliphatic carboxylic acids is 1. The van der Waals surface area contributed by atoms with Gasteiger partial charge in [0, 0.05) is 11.8 Å². The van der Waals surface area contributed by atoms with E-state index < -0.39 is 5.97 Å². The third-order valence-corrected chi connectivity index (χ3v) is 2.44. The lowest BCUT2D eigenvalue weighted by molar-refractivity contribution is -0.134. The number of hydrogen-bond donors (Lipinski definition) is 1. The Morgan fingerprint density at radius 2 is 1.93 bits per heavy atom. The van der Waals surface area contributed by atoms with Crippen molar-refractivity contribution in [3.05, 3.63) is 24.3 Å². The van der Waals surface area contributed by atoms with E-state index in [-0.39, 0.29) is 11.7 Å². The van der Waals surface area contributed by atoms with Crippen LogP contribution in [0.3, 0.4) is 0 Å². The largest absolute Gasteiger partial charge is 0.481 e. The van der Waals surface area contributed by atoms with Crippen LogP contribution in [0.15, 0.2) is 29.2 Å². The highest BCUT2D eigenvalue weighted by Crippen LogP contribution is 2.21. The average molecular weight is 226 g/mol. The van der Waals surface area contributed by atoms with E-state index in [0.717, 1.165) is 4.90 Å². The first kappa shape index (κ1) is 11.6. The van der Waals surface area contributed by atoms with Gasteiger partial charge in [-0.25, -0.2) is 0 Å². The smallest absolute Gasteiger partial charge is 0.313 e. The molecule has 0 atom stereocenters. The number of carboxylic acids is 1. The summed E-state index contributed by atoms with van der Waals surface area (Å²) in [4.78, 5) is 21.7. The predicted octanol–water partition coefficient (Wildman–Crippen LogP) is 1.79. The van der Waals surface area contributed by atoms with Crippen molar-refractivity contribution in [2.24, 2.45) is 0 Å². The first-order valence-electron chi connectivity index (χ1n) is 4.21. The third kappa shape index (κ3) is 4.51. The quantitative estimate of drug-likeness (QED) is 0.481. The van der Waals surface area contributed by atoms with Crippen molar-refractivity contribution in [3.8, 4) is 5.75 Å². The van der Waals surface area contributed by atoms with Crippen molar-refractivity contribution in [3.63, 3.8) is 0 Å². The molecule has 0 heterocycles. The van der Waals surface area contributed by atoms with Crippen LogP contribution in [0.25, 0.3) is 0 Å². The number of rotatable bonds is 4. The summed E-state index contributed by atoms with van der Waals surface area (Å²) in [6.07, 6.45) is 0. The monoisotopic (exact) mass is 226 g/mol. The van der Waals surface area contributed by atoms with Gasteiger partial charge in [0.05, 0.1) is 5.75 Å². The van der Waals surface area contributed by atoms with E-state index in [9.17, 15) is 9.59 Å². The lowest BCUT2D eigenvalue weighted by atomic mass is 10.3. The molecule has 1 aromatic carbocycles. The van der Waals surface area contributed by atoms with E-state index in [1.165, 1.54) is 18.7 Å². The summed E-state index contributed by atoms with van der Waals surface area (Å²) in [6.45, 7) is 1.33. The molecule has 0 aromatic heterocycles. The molecular weight excluding hydrogens is 216 g/mol. The van der Waals surface area contributed by atoms with Crippen LogP contribution in [0.4, 0.5) is 0 Å². The van der Waals surface area contributed by atoms with Crippen LogP contribution in [0.2, 0.25) is 0 Å². The lowest BCUT2D eigenvalue weighted by Crippen LogP contribution is -2.01. The number of carbonyl (C=O) groups is 2. The maximum atomic E-state index is 10.6. The number of carboxylic acid groups (broad SMARTS) is 1. The van der Waals surface area contributed by atoms with Crippen molar-refractivity contribution in [2.45, 2.75) is 11.8 Å². The van der Waals surface area contributed by atoms with Crippen LogP contribution in [0.1, 0.15) is 6.92 Å². The molecule has 0 saturated heterocycles. The molecule has 15 heavy (non-hydrogen) atoms. The minimum Gasteiger partial charge on any atom is -0.481 e. The van der Waals surface area contributed by atoms with Gasteiger partial charge < -0.3 is 9.84 Å². The fourth-order valence-corrected chi connectivity index (χ4v) is 1.53. The van der Waals surface area contributed by atoms with Crippen molar-refractivity contribution in [1.29, 1.82) is 0 Å². The molecule has 5 heteroatoms. The van der Waals surface area contributed by atoms with Gasteiger partial charge in [-0.15, -0.1) is 11.8 Å². The Hall–Kier alpha value is -1.49. The van der Waals surface area contributed by atoms with Crippen molar-refractivity contribution < 1.29 is 19.4 Å². The molecule has 0 amide bonds. The average Bonchev–Trinajstić information content (AvgIpc) is 2.16. The maximum absolute atomic E-state index is 10.6. The molecule has 80 valence electrons. The van der Waals surface area contributed by atoms with Crippen LogP contribution in [0.5, 0.6) is 5.75 Å². The zero-order valence-electron chi connectivity index (χ0n) is 8.10. The van der Waals surface area contributed by atoms with E-state index in [0.29, 0.717) is 5.75 Å². The Bertz CT molecular complexity index is 358. The molecular formula is C10H10O4S. The molecule has 0 fully saturated rings. The second kappa shape index (κ2) is 5.41. The highest BCUT2D eigenvalue weighted by Gasteiger charge is 2.01. The molecule has 0 bridgehead atoms. The molecule has 0 unspecified atom stereocenters. The molecule has 0 aliphatic rings. The zero-order chi connectivity index (χ0) is 11.3. The molecule has 0 aliphatic heterocycles. The maximum Gasteiger partial charge on any atom is 0.313 e. The molecule has 0 spiro atoms. The Kier molecular flexibility index (Phi) is 4.17. The number of benzene rings is 1. The summed E-state index contributed by atoms with van der Waals surface area (Å²) in [5.41, 5.74) is 0. The molecule has 1 aromatic rings. The standard InChI is InChI=1S/C10H10O4S/c1-7(11)14-8-2-4-9(5-3-8)15-6-10(12)13/h2-5H,6H2,1H3,(H,12,13). The summed E-state index contributed by atoms with van der Waals surface area (Å²) in [5, 5.41) is 8.46. The predicted molar refractivity (Wildman–Crippen MR) is 56.1 cm³/mol. The van der Waals surface area contributed by atoms with Crippen LogP contribution >= 0.6 is 11.8 Å². The van der Waals surface area contributed by atoms with Crippen LogP contribution in [-0.4, -0.2) is 22.8 Å². The van der Waals surface area contributed by atoms with Crippen molar-refractivity contribution >= 4 is 23.7 Å². The van der Waals surface area contributed by atoms with E-state index in [2.05, 4.69) is 0 Å². The molecule has 4 nitrogen and oxygen atoms in total. The summed E-state index contributed by atoms with van der Waals surface area (Å²) in [7, 11) is 0. The highest BCUT2D eigenvalue weighted by molar-refractivity contribution is 8.00. The summed E-state index contributed by atoms with van der Waals surface area (Å²) >= 11 is 1.22. The van der Waals surface area contributed by atoms with E-state index in [1.54, 1.807) is 24.3 Å². The summed E-state index contributed by atoms with van der Waals surface area (Å²) in [6, 6.07) is 6.69. The topological polar surface area (TPSA) is 63.6 Å². The van der Waals surface area contributed by atoms with Crippen molar-refractivity contribution in [1.82, 2.24) is 0 Å². The van der Waals surface area contributed by atoms with E-state index in [1.807, 2.05) is 0 Å². The zero-order valence-corrected chi connectivity index (χ0v) is 8.91. The highest BCUT2D eigenvalue weighted by atomic mass is 32.2. The number of carbonyl (C=O) groups excluding carboxylic acids is 1. The van der Waals surface area contributed by atoms with Gasteiger partial charge in [-0.1, -0.05) is 0 Å². The van der Waals surface area contributed by atoms with Gasteiger partial charge in [0.1, 0.15) is 5.75 Å². The minimum atomic E-state index is -0.857. The van der Waals surface area contributed by atoms with Gasteiger partial charge >= 0.3 is 11.9 Å². The van der Waals surface area contributed by atoms with Gasteiger partial charge in [0.15, 0.2) is 0 Å². The fourth-order valence-electron chi connectivity index (χ4n) is 0.915. The number of ether oxygens (including phenoxy) is 1. The third-order valence-electron chi connectivity index (χ3n) is 1.45. The SMILES string of the molecule is CC(=O)Oc1ccc(SCC(=O)O)cc1. The first-order chi connectivity index (χ1) is 7.08. The van der Waals surface area contributed by atoms with E-state index in [4.69, 9.17) is 9.84 Å². The van der Waals surface area contributed by atoms with Gasteiger partial charge in [-0.05, 0) is 24.3 Å². The lowest BCUT2D eigenvalue weighted by Gasteiger charge is -2.02. The minimum absolute atomic E-state index is 0.0207. The van der Waals surface area contributed by atoms with Crippen LogP contribution < -0.4 is 4.74 Å². The normalized spacial score (nSPS) is 9.67. The Morgan fingerprint density at radius 1 is 1.33 bits per heavy atom. The fraction of sp³-hybridized carbons (Fsp3) is 0.200. The molecule has 1 rings (SSSR count). The molecule has 1 N–H and O–H groups in total. The molecule has 0 aliphatic carbocycles. The van der Waals surface area contributed by atoms with Crippen LogP contribution in [0, 0.1) is 0 Å². The van der Waals surface area contributed by atoms with Gasteiger partial charge in [-0.2, -0.15) is 0 Å². The number of esters is 1. The summed E-state index contributed by atoms with van der Waals surface area (Å²) < 4.78 is 4.83. The van der Waals surface area contributed by atoms with Gasteiger partial charge in [0.25, 0.3) is 0 Å². The van der Waals surface area contributed by atoms with Gasteiger partial charge in [0.2, 0.25) is 0 Å². The van der Waals surface area contributed by atoms with E-state index >= 15 is 0 Å². The van der Waals surface area contributed by atoms with Crippen molar-refractivity contribution in [2.75, 3.05) is 5.75 Å². The number of thioether (sulfide) groups is 1. The Labute approximate surface area is 91.2 Å². The molecule has 0 saturated carbocycles. The Morgan fingerprint density at radius 3 is 2.40 bits per heavy atom. The second-order valence-electron chi connectivity index (χ2n) is 2.75. The number of hydrogen-bond acceptors (Lipinski definition) is 4. The second-order valence-corrected chi connectivity index (χ2v) is 3.80. The van der Waals surface area contributed by atoms with Crippen LogP contribution in [-0.2, 0) is 9.59 Å². The first-order valence-corrected chi connectivity index (χ1v) is 5.19. The molecule has 0 radical (unpaired) electrons. The van der Waals surface area contributed by atoms with Gasteiger partial charge in [-0.3, -0.25) is 9.59 Å². The Balaban J connectivity index is 2.56.